The summed E-state index contributed by atoms with van der Waals surface area (Å²) in [5.74, 6) is -2.66. The van der Waals surface area contributed by atoms with Crippen molar-refractivity contribution in [2.24, 2.45) is 5.10 Å². The zero-order valence-corrected chi connectivity index (χ0v) is 14.1. The van der Waals surface area contributed by atoms with Crippen molar-refractivity contribution in [2.75, 3.05) is 11.4 Å². The van der Waals surface area contributed by atoms with E-state index in [-0.39, 0.29) is 17.4 Å². The van der Waals surface area contributed by atoms with Crippen molar-refractivity contribution in [3.63, 3.8) is 0 Å². The van der Waals surface area contributed by atoms with Crippen LogP contribution in [-0.2, 0) is 9.59 Å². The molecule has 1 fully saturated rings. The Morgan fingerprint density at radius 3 is 2.81 bits per heavy atom. The van der Waals surface area contributed by atoms with Gasteiger partial charge < -0.3 is 0 Å². The highest BCUT2D eigenvalue weighted by Crippen LogP contribution is 2.30. The number of urea groups is 1. The summed E-state index contributed by atoms with van der Waals surface area (Å²) in [6.45, 7) is 1.02. The number of hydrazone groups is 1. The number of amides is 4. The monoisotopic (exact) mass is 379 g/mol. The van der Waals surface area contributed by atoms with Crippen molar-refractivity contribution in [1.82, 2.24) is 15.3 Å². The summed E-state index contributed by atoms with van der Waals surface area (Å²) < 4.78 is 27.1. The van der Waals surface area contributed by atoms with Crippen LogP contribution in [0.2, 0.25) is 0 Å². The fraction of sp³-hybridized carbons (Fsp3) is 0.133. The molecule has 3 rings (SSSR count). The molecule has 0 spiro atoms. The lowest BCUT2D eigenvalue weighted by Gasteiger charge is -2.18. The minimum absolute atomic E-state index is 0.138. The molecule has 0 aliphatic carbocycles. The molecule has 134 valence electrons. The molecular formula is C15H11F2N5O3S. The summed E-state index contributed by atoms with van der Waals surface area (Å²) in [7, 11) is 0. The molecule has 2 heterocycles. The Morgan fingerprint density at radius 1 is 1.42 bits per heavy atom. The van der Waals surface area contributed by atoms with E-state index in [9.17, 15) is 23.2 Å². The van der Waals surface area contributed by atoms with Gasteiger partial charge in [-0.25, -0.2) is 23.6 Å². The van der Waals surface area contributed by atoms with Crippen molar-refractivity contribution >= 4 is 46.2 Å². The topological polar surface area (TPSA) is 95.0 Å². The van der Waals surface area contributed by atoms with Crippen LogP contribution < -0.4 is 10.2 Å². The van der Waals surface area contributed by atoms with E-state index in [0.717, 1.165) is 33.4 Å². The molecule has 0 bridgehead atoms. The van der Waals surface area contributed by atoms with Crippen molar-refractivity contribution in [3.8, 4) is 0 Å². The largest absolute Gasteiger partial charge is 0.344 e. The second-order valence-electron chi connectivity index (χ2n) is 5.16. The fourth-order valence-electron chi connectivity index (χ4n) is 2.16. The first-order valence-electron chi connectivity index (χ1n) is 7.22. The first kappa shape index (κ1) is 17.6. The standard InChI is InChI=1S/C15H11F2N5O3S/c1-8(23)22(12-3-2-9(16)4-11(12)17)15-19-10(7-26-15)5-18-21-6-13(24)20-14(21)25/h2-5,7H,6H2,1H3,(H,20,24,25)/b18-5-. The minimum Gasteiger partial charge on any atom is -0.275 e. The number of imide groups is 1. The predicted molar refractivity (Wildman–Crippen MR) is 89.1 cm³/mol. The van der Waals surface area contributed by atoms with Crippen LogP contribution in [-0.4, -0.2) is 40.6 Å². The smallest absolute Gasteiger partial charge is 0.275 e. The molecular weight excluding hydrogens is 368 g/mol. The number of benzene rings is 1. The lowest BCUT2D eigenvalue weighted by molar-refractivity contribution is -0.118. The van der Waals surface area contributed by atoms with Gasteiger partial charge in [0.25, 0.3) is 0 Å². The van der Waals surface area contributed by atoms with E-state index >= 15 is 0 Å². The number of rotatable bonds is 4. The first-order chi connectivity index (χ1) is 12.3. The highest BCUT2D eigenvalue weighted by Gasteiger charge is 2.26. The number of carbonyl (C=O) groups excluding carboxylic acids is 3. The number of hydrogen-bond donors (Lipinski definition) is 1. The normalized spacial score (nSPS) is 14.2. The van der Waals surface area contributed by atoms with Crippen molar-refractivity contribution in [1.29, 1.82) is 0 Å². The summed E-state index contributed by atoms with van der Waals surface area (Å²) in [4.78, 5) is 39.6. The number of nitrogens with zero attached hydrogens (tertiary/aromatic N) is 4. The average Bonchev–Trinajstić information content (AvgIpc) is 3.14. The molecule has 0 unspecified atom stereocenters. The molecule has 1 aliphatic heterocycles. The summed E-state index contributed by atoms with van der Waals surface area (Å²) in [5.41, 5.74) is 0.159. The highest BCUT2D eigenvalue weighted by molar-refractivity contribution is 7.14. The van der Waals surface area contributed by atoms with E-state index in [4.69, 9.17) is 0 Å². The van der Waals surface area contributed by atoms with Gasteiger partial charge in [-0.05, 0) is 12.1 Å². The van der Waals surface area contributed by atoms with Crippen LogP contribution in [0.3, 0.4) is 0 Å². The van der Waals surface area contributed by atoms with Gasteiger partial charge in [0.15, 0.2) is 5.13 Å². The maximum Gasteiger partial charge on any atom is 0.344 e. The molecule has 8 nitrogen and oxygen atoms in total. The summed E-state index contributed by atoms with van der Waals surface area (Å²) in [6.07, 6.45) is 1.23. The van der Waals surface area contributed by atoms with Crippen molar-refractivity contribution < 1.29 is 23.2 Å². The average molecular weight is 379 g/mol. The second-order valence-corrected chi connectivity index (χ2v) is 6.00. The SMILES string of the molecule is CC(=O)N(c1nc(/C=N\N2CC(=O)NC2=O)cs1)c1ccc(F)cc1F. The third-order valence-corrected chi connectivity index (χ3v) is 4.11. The number of halogens is 2. The van der Waals surface area contributed by atoms with Gasteiger partial charge in [-0.3, -0.25) is 19.8 Å². The quantitative estimate of drug-likeness (QED) is 0.649. The number of anilines is 2. The van der Waals surface area contributed by atoms with Gasteiger partial charge in [0, 0.05) is 18.4 Å². The van der Waals surface area contributed by atoms with Crippen molar-refractivity contribution in [2.45, 2.75) is 6.92 Å². The molecule has 1 N–H and O–H groups in total. The van der Waals surface area contributed by atoms with Gasteiger partial charge >= 0.3 is 6.03 Å². The van der Waals surface area contributed by atoms with Gasteiger partial charge in [-0.1, -0.05) is 0 Å². The van der Waals surface area contributed by atoms with Crippen LogP contribution in [0.15, 0.2) is 28.7 Å². The maximum atomic E-state index is 14.0. The molecule has 0 saturated carbocycles. The summed E-state index contributed by atoms with van der Waals surface area (Å²) >= 11 is 1.03. The van der Waals surface area contributed by atoms with Gasteiger partial charge in [0.05, 0.1) is 17.6 Å². The number of carbonyl (C=O) groups is 3. The molecule has 4 amide bonds. The first-order valence-corrected chi connectivity index (χ1v) is 8.09. The van der Waals surface area contributed by atoms with Gasteiger partial charge in [0.2, 0.25) is 11.8 Å². The van der Waals surface area contributed by atoms with Crippen LogP contribution in [0.4, 0.5) is 24.4 Å². The third-order valence-electron chi connectivity index (χ3n) is 3.27. The van der Waals surface area contributed by atoms with Gasteiger partial charge in [-0.15, -0.1) is 11.3 Å². The zero-order chi connectivity index (χ0) is 18.8. The Bertz CT molecular complexity index is 930. The Hall–Kier alpha value is -3.21. The highest BCUT2D eigenvalue weighted by atomic mass is 32.1. The minimum atomic E-state index is -0.905. The number of thiazole rings is 1. The maximum absolute atomic E-state index is 14.0. The number of aromatic nitrogens is 1. The molecule has 1 aromatic heterocycles. The van der Waals surface area contributed by atoms with E-state index in [1.54, 1.807) is 0 Å². The van der Waals surface area contributed by atoms with E-state index in [2.05, 4.69) is 15.4 Å². The summed E-state index contributed by atoms with van der Waals surface area (Å²) in [5, 5.41) is 8.50. The van der Waals surface area contributed by atoms with Crippen molar-refractivity contribution in [3.05, 3.63) is 40.9 Å². The van der Waals surface area contributed by atoms with E-state index in [1.807, 2.05) is 0 Å². The Morgan fingerprint density at radius 2 is 2.19 bits per heavy atom. The predicted octanol–water partition coefficient (Wildman–Crippen LogP) is 1.99. The lowest BCUT2D eigenvalue weighted by Crippen LogP contribution is -2.24. The summed E-state index contributed by atoms with van der Waals surface area (Å²) in [6, 6.07) is 2.19. The molecule has 0 radical (unpaired) electrons. The van der Waals surface area contributed by atoms with Crippen LogP contribution in [0, 0.1) is 11.6 Å². The van der Waals surface area contributed by atoms with Crippen LogP contribution in [0.1, 0.15) is 12.6 Å². The second kappa shape index (κ2) is 6.96. The Kier molecular flexibility index (Phi) is 4.71. The van der Waals surface area contributed by atoms with E-state index in [0.29, 0.717) is 11.8 Å². The molecule has 2 aromatic rings. The van der Waals surface area contributed by atoms with E-state index < -0.39 is 29.5 Å². The third kappa shape index (κ3) is 3.57. The molecule has 26 heavy (non-hydrogen) atoms. The Labute approximate surface area is 149 Å². The fourth-order valence-corrected chi connectivity index (χ4v) is 2.99. The van der Waals surface area contributed by atoms with Crippen LogP contribution >= 0.6 is 11.3 Å². The number of nitrogens with one attached hydrogen (secondary N) is 1. The molecule has 11 heteroatoms. The lowest BCUT2D eigenvalue weighted by atomic mass is 10.2. The van der Waals surface area contributed by atoms with Crippen LogP contribution in [0.5, 0.6) is 0 Å². The van der Waals surface area contributed by atoms with E-state index in [1.165, 1.54) is 18.5 Å². The van der Waals surface area contributed by atoms with Gasteiger partial charge in [-0.2, -0.15) is 5.10 Å². The van der Waals surface area contributed by atoms with Gasteiger partial charge in [0.1, 0.15) is 18.2 Å². The Balaban J connectivity index is 1.85. The molecule has 1 saturated heterocycles. The molecule has 0 atom stereocenters. The molecule has 1 aliphatic rings. The number of hydrogen-bond acceptors (Lipinski definition) is 6. The van der Waals surface area contributed by atoms with Crippen LogP contribution in [0.25, 0.3) is 0 Å². The zero-order valence-electron chi connectivity index (χ0n) is 13.3. The molecule has 1 aromatic carbocycles.